The van der Waals surface area contributed by atoms with Crippen molar-refractivity contribution in [1.29, 1.82) is 0 Å². The van der Waals surface area contributed by atoms with Crippen molar-refractivity contribution in [3.8, 4) is 22.3 Å². The van der Waals surface area contributed by atoms with Gasteiger partial charge in [0.2, 0.25) is 0 Å². The van der Waals surface area contributed by atoms with E-state index in [9.17, 15) is 0 Å². The fourth-order valence-corrected chi connectivity index (χ4v) is 13.7. The maximum atomic E-state index is 5.08. The van der Waals surface area contributed by atoms with Crippen molar-refractivity contribution in [2.45, 2.75) is 99.2 Å². The molecule has 0 N–H and O–H groups in total. The zero-order valence-electron chi connectivity index (χ0n) is 34.3. The van der Waals surface area contributed by atoms with Crippen molar-refractivity contribution in [2.75, 3.05) is 0 Å². The van der Waals surface area contributed by atoms with Crippen LogP contribution in [-0.4, -0.2) is 9.97 Å². The Balaban J connectivity index is 1.17. The van der Waals surface area contributed by atoms with Gasteiger partial charge in [0.15, 0.2) is 0 Å². The van der Waals surface area contributed by atoms with Crippen LogP contribution in [0.15, 0.2) is 122 Å². The molecule has 6 aromatic rings. The Morgan fingerprint density at radius 1 is 0.474 bits per heavy atom. The van der Waals surface area contributed by atoms with Crippen LogP contribution in [0.5, 0.6) is 0 Å². The average Bonchev–Trinajstić information content (AvgIpc) is 3.81. The number of allylic oxidation sites excluding steroid dienone is 2. The van der Waals surface area contributed by atoms with Gasteiger partial charge in [0.05, 0.1) is 0 Å². The second-order valence-corrected chi connectivity index (χ2v) is 20.0. The number of aromatic nitrogens is 2. The van der Waals surface area contributed by atoms with E-state index in [1.165, 1.54) is 129 Å². The normalized spacial score (nSPS) is 15.6. The van der Waals surface area contributed by atoms with E-state index in [0.717, 1.165) is 24.2 Å². The zero-order chi connectivity index (χ0) is 39.1. The van der Waals surface area contributed by atoms with Gasteiger partial charge in [0.25, 0.3) is 0 Å². The first-order chi connectivity index (χ1) is 28.0. The molecule has 286 valence electrons. The van der Waals surface area contributed by atoms with Crippen LogP contribution in [0, 0.1) is 13.8 Å². The molecule has 3 heteroatoms. The molecule has 2 aromatic heterocycles. The van der Waals surface area contributed by atoms with Crippen LogP contribution in [0.1, 0.15) is 128 Å². The number of aryl methyl sites for hydroxylation is 4. The van der Waals surface area contributed by atoms with Crippen LogP contribution >= 0.6 is 0 Å². The van der Waals surface area contributed by atoms with Gasteiger partial charge in [0, 0.05) is 0 Å². The Hall–Kier alpha value is -4.46. The minimum atomic E-state index is -1.32. The molecule has 2 aliphatic rings. The van der Waals surface area contributed by atoms with Crippen molar-refractivity contribution < 1.29 is 23.2 Å². The van der Waals surface area contributed by atoms with Crippen molar-refractivity contribution in [2.24, 2.45) is 0 Å². The third-order valence-electron chi connectivity index (χ3n) is 12.0. The molecule has 2 heterocycles. The summed E-state index contributed by atoms with van der Waals surface area (Å²) in [5, 5.41) is 0. The summed E-state index contributed by atoms with van der Waals surface area (Å²) in [5.74, 6) is 0. The van der Waals surface area contributed by atoms with Crippen LogP contribution in [0.2, 0.25) is 0 Å². The molecule has 2 atom stereocenters. The molecule has 0 amide bonds. The molecule has 4 aromatic carbocycles. The Bertz CT molecular complexity index is 2180. The van der Waals surface area contributed by atoms with E-state index in [1.807, 2.05) is 12.4 Å². The topological polar surface area (TPSA) is 25.8 Å². The Kier molecular flexibility index (Phi) is 12.7. The molecule has 0 bridgehead atoms. The summed E-state index contributed by atoms with van der Waals surface area (Å²) < 4.78 is 0.689. The van der Waals surface area contributed by atoms with E-state index in [-0.39, 0.29) is 0 Å². The quantitative estimate of drug-likeness (QED) is 0.0909. The summed E-state index contributed by atoms with van der Waals surface area (Å²) in [7, 11) is 0. The summed E-state index contributed by atoms with van der Waals surface area (Å²) in [5.41, 5.74) is 21.2. The Labute approximate surface area is 353 Å². The number of rotatable bonds is 16. The van der Waals surface area contributed by atoms with E-state index in [0.29, 0.717) is 7.25 Å². The van der Waals surface area contributed by atoms with Gasteiger partial charge in [-0.25, -0.2) is 0 Å². The fraction of sp³-hybridized carbons (Fsp3) is 0.296. The third kappa shape index (κ3) is 8.85. The van der Waals surface area contributed by atoms with Gasteiger partial charge in [0.1, 0.15) is 0 Å². The van der Waals surface area contributed by atoms with E-state index < -0.39 is 23.2 Å². The standard InChI is InChI=1S/2C27H28N.Zr/c2*1-3-4-5-6-8-21-12-14-22(15-13-21)25-10-7-9-23-17-24(18-26(23)25)27-16-11-20(2)19-28-27;/h2*7,9-19H,3-6,8H2,1-2H3;. The van der Waals surface area contributed by atoms with Crippen molar-refractivity contribution in [3.05, 3.63) is 177 Å². The van der Waals surface area contributed by atoms with E-state index in [1.54, 1.807) is 0 Å². The fourth-order valence-electron chi connectivity index (χ4n) is 8.77. The van der Waals surface area contributed by atoms with Gasteiger partial charge >= 0.3 is 329 Å². The summed E-state index contributed by atoms with van der Waals surface area (Å²) in [4.78, 5) is 10.2. The molecule has 2 unspecified atom stereocenters. The SMILES string of the molecule is CCCCCCc1ccc(-c2cccc3c2C=C(c2ccc(C)cn2)[CH]3[Zr][CH]2C(c3ccc(C)cn3)=Cc3c(-c4ccc(CCCCCC)cc4)cccc32)cc1. The maximum absolute atomic E-state index is 5.08. The summed E-state index contributed by atoms with van der Waals surface area (Å²) in [6.45, 7) is 8.83. The second-order valence-electron chi connectivity index (χ2n) is 16.3. The minimum absolute atomic E-state index is 0.344. The molecule has 0 radical (unpaired) electrons. The summed E-state index contributed by atoms with van der Waals surface area (Å²) >= 11 is -1.32. The predicted octanol–water partition coefficient (Wildman–Crippen LogP) is 14.6. The molecular weight excluding hydrogens is 768 g/mol. The second kappa shape index (κ2) is 18.4. The van der Waals surface area contributed by atoms with Crippen LogP contribution in [0.25, 0.3) is 45.6 Å². The number of unbranched alkanes of at least 4 members (excludes halogenated alkanes) is 6. The molecule has 0 spiro atoms. The van der Waals surface area contributed by atoms with E-state index in [4.69, 9.17) is 9.97 Å². The van der Waals surface area contributed by atoms with Gasteiger partial charge in [-0.1, -0.05) is 26.7 Å². The van der Waals surface area contributed by atoms with Gasteiger partial charge in [-0.05, 0) is 0 Å². The van der Waals surface area contributed by atoms with E-state index >= 15 is 0 Å². The van der Waals surface area contributed by atoms with Gasteiger partial charge in [-0.2, -0.15) is 0 Å². The molecular formula is C54H56N2Zr. The van der Waals surface area contributed by atoms with Crippen molar-refractivity contribution in [3.63, 3.8) is 0 Å². The number of fused-ring (bicyclic) bond motifs is 2. The number of pyridine rings is 2. The van der Waals surface area contributed by atoms with Crippen molar-refractivity contribution in [1.82, 2.24) is 9.97 Å². The molecule has 0 saturated heterocycles. The van der Waals surface area contributed by atoms with Gasteiger partial charge < -0.3 is 0 Å². The van der Waals surface area contributed by atoms with Crippen LogP contribution in [0.4, 0.5) is 0 Å². The monoisotopic (exact) mass is 822 g/mol. The molecule has 0 aliphatic heterocycles. The zero-order valence-corrected chi connectivity index (χ0v) is 36.8. The summed E-state index contributed by atoms with van der Waals surface area (Å²) in [6.07, 6.45) is 21.7. The molecule has 2 aliphatic carbocycles. The van der Waals surface area contributed by atoms with Gasteiger partial charge in [-0.15, -0.1) is 0 Å². The first kappa shape index (κ1) is 39.4. The average molecular weight is 824 g/mol. The first-order valence-corrected chi connectivity index (χ1v) is 24.3. The van der Waals surface area contributed by atoms with Gasteiger partial charge in [-0.3, -0.25) is 0 Å². The summed E-state index contributed by atoms with van der Waals surface area (Å²) in [6, 6.07) is 41.9. The molecule has 0 saturated carbocycles. The molecule has 0 fully saturated rings. The van der Waals surface area contributed by atoms with Crippen LogP contribution < -0.4 is 0 Å². The van der Waals surface area contributed by atoms with E-state index in [2.05, 4.69) is 149 Å². The van der Waals surface area contributed by atoms with Crippen LogP contribution in [-0.2, 0) is 36.1 Å². The van der Waals surface area contributed by atoms with Crippen LogP contribution in [0.3, 0.4) is 0 Å². The van der Waals surface area contributed by atoms with Crippen molar-refractivity contribution >= 4 is 23.3 Å². The molecule has 57 heavy (non-hydrogen) atoms. The molecule has 8 rings (SSSR count). The molecule has 2 nitrogen and oxygen atoms in total. The predicted molar refractivity (Wildman–Crippen MR) is 239 cm³/mol. The number of hydrogen-bond donors (Lipinski definition) is 0. The number of hydrogen-bond acceptors (Lipinski definition) is 2. The Morgan fingerprint density at radius 2 is 0.912 bits per heavy atom. The Morgan fingerprint density at radius 3 is 1.30 bits per heavy atom. The number of benzene rings is 4. The first-order valence-electron chi connectivity index (χ1n) is 21.5. The number of nitrogens with zero attached hydrogens (tertiary/aromatic N) is 2. The third-order valence-corrected chi connectivity index (χ3v) is 16.7.